The van der Waals surface area contributed by atoms with Gasteiger partial charge in [-0.1, -0.05) is 12.1 Å². The number of anilines is 1. The van der Waals surface area contributed by atoms with Crippen LogP contribution < -0.4 is 20.2 Å². The minimum atomic E-state index is -2.97. The largest absolute Gasteiger partial charge is 0.493 e. The molecule has 142 valence electrons. The summed E-state index contributed by atoms with van der Waals surface area (Å²) in [7, 11) is 1.32. The molecular formula is C16H14F2N4O4S. The summed E-state index contributed by atoms with van der Waals surface area (Å²) < 4.78 is 33.9. The van der Waals surface area contributed by atoms with Crippen molar-refractivity contribution in [1.29, 1.82) is 0 Å². The van der Waals surface area contributed by atoms with E-state index in [4.69, 9.17) is 17.0 Å². The minimum Gasteiger partial charge on any atom is -0.493 e. The number of rotatable bonds is 7. The summed E-state index contributed by atoms with van der Waals surface area (Å²) in [5, 5.41) is 17.5. The third-order valence-corrected chi connectivity index (χ3v) is 3.33. The van der Waals surface area contributed by atoms with Gasteiger partial charge in [0.1, 0.15) is 5.69 Å². The minimum absolute atomic E-state index is 0.0326. The number of nitro benzene ring substituents is 1. The molecule has 0 atom stereocenters. The van der Waals surface area contributed by atoms with Gasteiger partial charge in [0.2, 0.25) is 0 Å². The number of nitrogens with zero attached hydrogens (tertiary/aromatic N) is 2. The van der Waals surface area contributed by atoms with Gasteiger partial charge in [-0.15, -0.1) is 0 Å². The van der Waals surface area contributed by atoms with Crippen molar-refractivity contribution >= 4 is 34.9 Å². The molecule has 11 heteroatoms. The topological polar surface area (TPSA) is 98.0 Å². The number of alkyl halides is 2. The lowest BCUT2D eigenvalue weighted by Crippen LogP contribution is -2.24. The fourth-order valence-corrected chi connectivity index (χ4v) is 2.17. The number of hydrazone groups is 1. The molecule has 0 aliphatic rings. The zero-order valence-corrected chi connectivity index (χ0v) is 14.7. The van der Waals surface area contributed by atoms with Crippen LogP contribution in [0.25, 0.3) is 0 Å². The molecule has 2 aromatic rings. The number of hydrogen-bond acceptors (Lipinski definition) is 6. The number of methoxy groups -OCH3 is 1. The van der Waals surface area contributed by atoms with Crippen LogP contribution >= 0.6 is 12.2 Å². The van der Waals surface area contributed by atoms with Gasteiger partial charge in [-0.2, -0.15) is 13.9 Å². The van der Waals surface area contributed by atoms with E-state index in [9.17, 15) is 18.9 Å². The van der Waals surface area contributed by atoms with Gasteiger partial charge < -0.3 is 14.8 Å². The normalized spacial score (nSPS) is 10.7. The van der Waals surface area contributed by atoms with Crippen LogP contribution in [0.4, 0.5) is 20.2 Å². The van der Waals surface area contributed by atoms with Crippen LogP contribution in [0.5, 0.6) is 11.5 Å². The lowest BCUT2D eigenvalue weighted by atomic mass is 10.2. The van der Waals surface area contributed by atoms with Crippen molar-refractivity contribution in [3.63, 3.8) is 0 Å². The monoisotopic (exact) mass is 396 g/mol. The van der Waals surface area contributed by atoms with Crippen molar-refractivity contribution in [2.45, 2.75) is 6.61 Å². The maximum atomic E-state index is 12.3. The third-order valence-electron chi connectivity index (χ3n) is 3.13. The first kappa shape index (κ1) is 20.0. The van der Waals surface area contributed by atoms with E-state index in [2.05, 4.69) is 20.6 Å². The molecule has 2 aromatic carbocycles. The van der Waals surface area contributed by atoms with E-state index in [-0.39, 0.29) is 28.0 Å². The summed E-state index contributed by atoms with van der Waals surface area (Å²) in [4.78, 5) is 10.4. The van der Waals surface area contributed by atoms with Gasteiger partial charge in [0, 0.05) is 6.07 Å². The molecule has 0 aromatic heterocycles. The van der Waals surface area contributed by atoms with Crippen LogP contribution in [0, 0.1) is 10.1 Å². The van der Waals surface area contributed by atoms with E-state index < -0.39 is 11.5 Å². The SMILES string of the molecule is COc1cc(/C=N\NC(=S)Nc2ccccc2[N+](=O)[O-])ccc1OC(F)F. The highest BCUT2D eigenvalue weighted by molar-refractivity contribution is 7.80. The first-order valence-corrected chi connectivity index (χ1v) is 7.78. The number of ether oxygens (including phenoxy) is 2. The molecule has 0 aliphatic carbocycles. The fraction of sp³-hybridized carbons (Fsp3) is 0.125. The lowest BCUT2D eigenvalue weighted by Gasteiger charge is -2.10. The summed E-state index contributed by atoms with van der Waals surface area (Å²) in [5.41, 5.74) is 3.11. The van der Waals surface area contributed by atoms with Crippen molar-refractivity contribution in [2.75, 3.05) is 12.4 Å². The van der Waals surface area contributed by atoms with Gasteiger partial charge in [-0.3, -0.25) is 15.5 Å². The molecule has 0 amide bonds. The first-order chi connectivity index (χ1) is 12.9. The predicted molar refractivity (Wildman–Crippen MR) is 99.7 cm³/mol. The maximum Gasteiger partial charge on any atom is 0.387 e. The first-order valence-electron chi connectivity index (χ1n) is 7.37. The summed E-state index contributed by atoms with van der Waals surface area (Å²) in [6.45, 7) is -2.97. The second-order valence-corrected chi connectivity index (χ2v) is 5.30. The van der Waals surface area contributed by atoms with Crippen molar-refractivity contribution < 1.29 is 23.2 Å². The molecule has 8 nitrogen and oxygen atoms in total. The highest BCUT2D eigenvalue weighted by Crippen LogP contribution is 2.29. The molecule has 0 fully saturated rings. The lowest BCUT2D eigenvalue weighted by molar-refractivity contribution is -0.383. The molecule has 0 heterocycles. The van der Waals surface area contributed by atoms with E-state index in [1.807, 2.05) is 0 Å². The molecule has 2 N–H and O–H groups in total. The van der Waals surface area contributed by atoms with E-state index in [0.717, 1.165) is 0 Å². The van der Waals surface area contributed by atoms with Crippen molar-refractivity contribution in [3.05, 3.63) is 58.1 Å². The molecule has 2 rings (SSSR count). The van der Waals surface area contributed by atoms with Gasteiger partial charge >= 0.3 is 6.61 Å². The van der Waals surface area contributed by atoms with Crippen LogP contribution in [0.3, 0.4) is 0 Å². The molecule has 0 spiro atoms. The molecule has 0 saturated carbocycles. The Hall–Kier alpha value is -3.34. The van der Waals surface area contributed by atoms with E-state index in [1.54, 1.807) is 6.07 Å². The Morgan fingerprint density at radius 3 is 2.70 bits per heavy atom. The Balaban J connectivity index is 2.01. The van der Waals surface area contributed by atoms with Gasteiger partial charge in [0.05, 0.1) is 18.2 Å². The molecule has 0 unspecified atom stereocenters. The van der Waals surface area contributed by atoms with Gasteiger partial charge in [0.15, 0.2) is 16.6 Å². The Kier molecular flexibility index (Phi) is 6.94. The summed E-state index contributed by atoms with van der Waals surface area (Å²) in [6, 6.07) is 10.2. The van der Waals surface area contributed by atoms with Crippen LogP contribution in [0.2, 0.25) is 0 Å². The molecule has 0 saturated heterocycles. The Labute approximate surface area is 157 Å². The number of nitrogens with one attached hydrogen (secondary N) is 2. The number of benzene rings is 2. The Bertz CT molecular complexity index is 864. The highest BCUT2D eigenvalue weighted by Gasteiger charge is 2.13. The second kappa shape index (κ2) is 9.38. The van der Waals surface area contributed by atoms with E-state index >= 15 is 0 Å². The average molecular weight is 396 g/mol. The number of hydrogen-bond donors (Lipinski definition) is 2. The van der Waals surface area contributed by atoms with Crippen LogP contribution in [-0.4, -0.2) is 30.0 Å². The Morgan fingerprint density at radius 1 is 1.30 bits per heavy atom. The van der Waals surface area contributed by atoms with Crippen LogP contribution in [0.1, 0.15) is 5.56 Å². The molecule has 27 heavy (non-hydrogen) atoms. The van der Waals surface area contributed by atoms with Gasteiger partial charge in [-0.05, 0) is 42.0 Å². The van der Waals surface area contributed by atoms with Crippen LogP contribution in [0.15, 0.2) is 47.6 Å². The summed E-state index contributed by atoms with van der Waals surface area (Å²) >= 11 is 5.03. The van der Waals surface area contributed by atoms with E-state index in [0.29, 0.717) is 5.56 Å². The fourth-order valence-electron chi connectivity index (χ4n) is 2.01. The third kappa shape index (κ3) is 5.85. The average Bonchev–Trinajstić information content (AvgIpc) is 2.62. The smallest absolute Gasteiger partial charge is 0.387 e. The van der Waals surface area contributed by atoms with Crippen LogP contribution in [-0.2, 0) is 0 Å². The molecular weight excluding hydrogens is 382 g/mol. The van der Waals surface area contributed by atoms with Gasteiger partial charge in [-0.25, -0.2) is 0 Å². The van der Waals surface area contributed by atoms with Gasteiger partial charge in [0.25, 0.3) is 5.69 Å². The number of halogens is 2. The zero-order chi connectivity index (χ0) is 19.8. The summed E-state index contributed by atoms with van der Waals surface area (Å²) in [6.07, 6.45) is 1.36. The number of thiocarbonyl (C=S) groups is 1. The standard InChI is InChI=1S/C16H14F2N4O4S/c1-25-14-8-10(6-7-13(14)26-15(17)18)9-19-21-16(27)20-11-4-2-3-5-12(11)22(23)24/h2-9,15H,1H3,(H2,20,21,27)/b19-9-. The molecule has 0 radical (unpaired) electrons. The zero-order valence-electron chi connectivity index (χ0n) is 13.9. The second-order valence-electron chi connectivity index (χ2n) is 4.89. The Morgan fingerprint density at radius 2 is 2.04 bits per heavy atom. The number of para-hydroxylation sites is 2. The summed E-state index contributed by atoms with van der Waals surface area (Å²) in [5.74, 6) is 0.00560. The van der Waals surface area contributed by atoms with Crippen molar-refractivity contribution in [2.24, 2.45) is 5.10 Å². The quantitative estimate of drug-likeness (QED) is 0.320. The maximum absolute atomic E-state index is 12.3. The van der Waals surface area contributed by atoms with Crippen molar-refractivity contribution in [1.82, 2.24) is 5.43 Å². The predicted octanol–water partition coefficient (Wildman–Crippen LogP) is 3.53. The van der Waals surface area contributed by atoms with Crippen molar-refractivity contribution in [3.8, 4) is 11.5 Å². The molecule has 0 bridgehead atoms. The number of nitro groups is 1. The highest BCUT2D eigenvalue weighted by atomic mass is 32.1. The molecule has 0 aliphatic heterocycles. The van der Waals surface area contributed by atoms with E-state index in [1.165, 1.54) is 49.7 Å².